The second-order valence-corrected chi connectivity index (χ2v) is 5.30. The van der Waals surface area contributed by atoms with E-state index in [0.717, 1.165) is 0 Å². The highest BCUT2D eigenvalue weighted by Crippen LogP contribution is 2.29. The molecule has 0 aliphatic heterocycles. The van der Waals surface area contributed by atoms with E-state index >= 15 is 0 Å². The molecule has 26 heavy (non-hydrogen) atoms. The Morgan fingerprint density at radius 2 is 1.81 bits per heavy atom. The predicted octanol–water partition coefficient (Wildman–Crippen LogP) is 2.76. The van der Waals surface area contributed by atoms with E-state index in [-0.39, 0.29) is 5.56 Å². The lowest BCUT2D eigenvalue weighted by atomic mass is 10.1. The van der Waals surface area contributed by atoms with Gasteiger partial charge in [-0.05, 0) is 37.3 Å². The lowest BCUT2D eigenvalue weighted by molar-refractivity contribution is -0.123. The third-order valence-corrected chi connectivity index (χ3v) is 3.53. The summed E-state index contributed by atoms with van der Waals surface area (Å²) in [5, 5.41) is 11.5. The van der Waals surface area contributed by atoms with Crippen molar-refractivity contribution in [3.05, 3.63) is 53.6 Å². The number of nitriles is 1. The Labute approximate surface area is 151 Å². The molecule has 0 fully saturated rings. The number of amides is 1. The number of esters is 1. The highest BCUT2D eigenvalue weighted by atomic mass is 16.5. The van der Waals surface area contributed by atoms with Gasteiger partial charge in [-0.2, -0.15) is 5.26 Å². The summed E-state index contributed by atoms with van der Waals surface area (Å²) < 4.78 is 15.5. The van der Waals surface area contributed by atoms with Crippen LogP contribution in [0, 0.1) is 11.3 Å². The maximum Gasteiger partial charge on any atom is 0.338 e. The molecule has 0 aliphatic carbocycles. The predicted molar refractivity (Wildman–Crippen MR) is 94.2 cm³/mol. The standard InChI is InChI=1S/C19H18N2O5/c1-12(26-19(23)14-6-4-5-13(9-14)11-20)18(22)21-15-7-8-16(24-2)17(10-15)25-3/h4-10,12H,1-3H3,(H,21,22)/t12-/m1/s1. The second kappa shape index (κ2) is 8.53. The zero-order valence-electron chi connectivity index (χ0n) is 14.6. The van der Waals surface area contributed by atoms with Crippen molar-refractivity contribution in [1.82, 2.24) is 0 Å². The van der Waals surface area contributed by atoms with Gasteiger partial charge in [-0.15, -0.1) is 0 Å². The fourth-order valence-corrected chi connectivity index (χ4v) is 2.16. The first-order chi connectivity index (χ1) is 12.5. The Morgan fingerprint density at radius 1 is 1.08 bits per heavy atom. The van der Waals surface area contributed by atoms with Crippen molar-refractivity contribution in [2.45, 2.75) is 13.0 Å². The first-order valence-electron chi connectivity index (χ1n) is 7.72. The van der Waals surface area contributed by atoms with Crippen molar-refractivity contribution in [2.24, 2.45) is 0 Å². The number of rotatable bonds is 6. The molecule has 1 N–H and O–H groups in total. The third kappa shape index (κ3) is 4.51. The molecule has 2 aromatic carbocycles. The number of nitrogens with one attached hydrogen (secondary N) is 1. The fourth-order valence-electron chi connectivity index (χ4n) is 2.16. The van der Waals surface area contributed by atoms with E-state index in [0.29, 0.717) is 22.7 Å². The van der Waals surface area contributed by atoms with Gasteiger partial charge in [0.05, 0.1) is 31.4 Å². The number of hydrogen-bond donors (Lipinski definition) is 1. The Bertz CT molecular complexity index is 857. The minimum Gasteiger partial charge on any atom is -0.493 e. The van der Waals surface area contributed by atoms with E-state index in [4.69, 9.17) is 19.5 Å². The molecule has 2 aromatic rings. The second-order valence-electron chi connectivity index (χ2n) is 5.30. The van der Waals surface area contributed by atoms with Crippen molar-refractivity contribution < 1.29 is 23.8 Å². The number of carbonyl (C=O) groups excluding carboxylic acids is 2. The average Bonchev–Trinajstić information content (AvgIpc) is 2.67. The summed E-state index contributed by atoms with van der Waals surface area (Å²) in [5.74, 6) is -0.190. The normalized spacial score (nSPS) is 11.0. The van der Waals surface area contributed by atoms with Gasteiger partial charge in [-0.1, -0.05) is 6.07 Å². The van der Waals surface area contributed by atoms with Crippen molar-refractivity contribution in [3.63, 3.8) is 0 Å². The van der Waals surface area contributed by atoms with E-state index < -0.39 is 18.0 Å². The van der Waals surface area contributed by atoms with Crippen LogP contribution in [0.25, 0.3) is 0 Å². The Hall–Kier alpha value is -3.53. The van der Waals surface area contributed by atoms with Gasteiger partial charge in [-0.3, -0.25) is 4.79 Å². The molecule has 0 radical (unpaired) electrons. The van der Waals surface area contributed by atoms with Gasteiger partial charge >= 0.3 is 5.97 Å². The van der Waals surface area contributed by atoms with Crippen LogP contribution in [0.2, 0.25) is 0 Å². The highest BCUT2D eigenvalue weighted by molar-refractivity contribution is 5.97. The number of carbonyl (C=O) groups is 2. The molecule has 0 saturated heterocycles. The molecule has 1 atom stereocenters. The molecule has 7 nitrogen and oxygen atoms in total. The quantitative estimate of drug-likeness (QED) is 0.801. The molecule has 0 spiro atoms. The first kappa shape index (κ1) is 18.8. The van der Waals surface area contributed by atoms with Gasteiger partial charge in [0.25, 0.3) is 5.91 Å². The van der Waals surface area contributed by atoms with E-state index in [2.05, 4.69) is 5.32 Å². The molecule has 134 valence electrons. The molecule has 0 bridgehead atoms. The largest absolute Gasteiger partial charge is 0.493 e. The number of benzene rings is 2. The lowest BCUT2D eigenvalue weighted by Gasteiger charge is -2.15. The van der Waals surface area contributed by atoms with Gasteiger partial charge in [-0.25, -0.2) is 4.79 Å². The Morgan fingerprint density at radius 3 is 2.46 bits per heavy atom. The maximum absolute atomic E-state index is 12.2. The summed E-state index contributed by atoms with van der Waals surface area (Å²) in [4.78, 5) is 24.4. The number of methoxy groups -OCH3 is 2. The Kier molecular flexibility index (Phi) is 6.17. The molecule has 2 rings (SSSR count). The van der Waals surface area contributed by atoms with Crippen molar-refractivity contribution in [3.8, 4) is 17.6 Å². The smallest absolute Gasteiger partial charge is 0.338 e. The monoisotopic (exact) mass is 354 g/mol. The summed E-state index contributed by atoms with van der Waals surface area (Å²) in [6.45, 7) is 1.46. The lowest BCUT2D eigenvalue weighted by Crippen LogP contribution is -2.30. The summed E-state index contributed by atoms with van der Waals surface area (Å²) in [6.07, 6.45) is -1.03. The highest BCUT2D eigenvalue weighted by Gasteiger charge is 2.20. The van der Waals surface area contributed by atoms with Gasteiger partial charge in [0.2, 0.25) is 0 Å². The van der Waals surface area contributed by atoms with Crippen LogP contribution in [0.4, 0.5) is 5.69 Å². The molecule has 1 amide bonds. The van der Waals surface area contributed by atoms with Crippen LogP contribution in [0.3, 0.4) is 0 Å². The van der Waals surface area contributed by atoms with Crippen LogP contribution in [0.15, 0.2) is 42.5 Å². The Balaban J connectivity index is 2.03. The van der Waals surface area contributed by atoms with Gasteiger partial charge < -0.3 is 19.5 Å². The van der Waals surface area contributed by atoms with Crippen LogP contribution >= 0.6 is 0 Å². The van der Waals surface area contributed by atoms with Gasteiger partial charge in [0.1, 0.15) is 0 Å². The molecular formula is C19H18N2O5. The van der Waals surface area contributed by atoms with Crippen LogP contribution in [0.5, 0.6) is 11.5 Å². The van der Waals surface area contributed by atoms with Crippen LogP contribution in [0.1, 0.15) is 22.8 Å². The molecule has 0 heterocycles. The van der Waals surface area contributed by atoms with Crippen molar-refractivity contribution >= 4 is 17.6 Å². The van der Waals surface area contributed by atoms with Crippen LogP contribution in [-0.2, 0) is 9.53 Å². The van der Waals surface area contributed by atoms with E-state index in [1.807, 2.05) is 6.07 Å². The zero-order valence-corrected chi connectivity index (χ0v) is 14.6. The van der Waals surface area contributed by atoms with Crippen molar-refractivity contribution in [1.29, 1.82) is 5.26 Å². The first-order valence-corrected chi connectivity index (χ1v) is 7.72. The molecular weight excluding hydrogens is 336 g/mol. The number of ether oxygens (including phenoxy) is 3. The minimum atomic E-state index is -1.03. The number of nitrogens with zero attached hydrogens (tertiary/aromatic N) is 1. The summed E-state index contributed by atoms with van der Waals surface area (Å²) >= 11 is 0. The van der Waals surface area contributed by atoms with Gasteiger partial charge in [0, 0.05) is 11.8 Å². The topological polar surface area (TPSA) is 97.6 Å². The van der Waals surface area contributed by atoms with E-state index in [1.165, 1.54) is 33.3 Å². The summed E-state index contributed by atoms with van der Waals surface area (Å²) in [5.41, 5.74) is 1.01. The summed E-state index contributed by atoms with van der Waals surface area (Å²) in [7, 11) is 3.00. The fraction of sp³-hybridized carbons (Fsp3) is 0.211. The van der Waals surface area contributed by atoms with E-state index in [1.54, 1.807) is 30.3 Å². The van der Waals surface area contributed by atoms with E-state index in [9.17, 15) is 9.59 Å². The SMILES string of the molecule is COc1ccc(NC(=O)[C@@H](C)OC(=O)c2cccc(C#N)c2)cc1OC. The molecule has 0 aromatic heterocycles. The molecule has 0 unspecified atom stereocenters. The molecule has 0 aliphatic rings. The number of anilines is 1. The summed E-state index contributed by atoms with van der Waals surface area (Å²) in [6, 6.07) is 12.9. The molecule has 0 saturated carbocycles. The van der Waals surface area contributed by atoms with Crippen molar-refractivity contribution in [2.75, 3.05) is 19.5 Å². The van der Waals surface area contributed by atoms with Gasteiger partial charge in [0.15, 0.2) is 17.6 Å². The zero-order chi connectivity index (χ0) is 19.1. The third-order valence-electron chi connectivity index (χ3n) is 3.53. The minimum absolute atomic E-state index is 0.204. The van der Waals surface area contributed by atoms with Crippen LogP contribution < -0.4 is 14.8 Å². The maximum atomic E-state index is 12.2. The average molecular weight is 354 g/mol. The molecule has 7 heteroatoms. The van der Waals surface area contributed by atoms with Crippen LogP contribution in [-0.4, -0.2) is 32.2 Å². The number of hydrogen-bond acceptors (Lipinski definition) is 6.